The van der Waals surface area contributed by atoms with Gasteiger partial charge in [-0.25, -0.2) is 0 Å². The first-order valence-corrected chi connectivity index (χ1v) is 12.7. The molecule has 0 aliphatic rings. The van der Waals surface area contributed by atoms with Crippen LogP contribution in [0.3, 0.4) is 0 Å². The van der Waals surface area contributed by atoms with Gasteiger partial charge in [-0.05, 0) is 72.9 Å². The van der Waals surface area contributed by atoms with Crippen LogP contribution in [0.4, 0.5) is 0 Å². The molecule has 3 nitrogen and oxygen atoms in total. The monoisotopic (exact) mass is 482 g/mol. The average Bonchev–Trinajstić information content (AvgIpc) is 3.27. The van der Waals surface area contributed by atoms with Crippen molar-refractivity contribution in [3.05, 3.63) is 119 Å². The Morgan fingerprint density at radius 3 is 2.24 bits per heavy atom. The molecule has 0 atom stereocenters. The number of hydrogen-bond acceptors (Lipinski definition) is 3. The number of benzene rings is 3. The molecular formula is C34H30N2O. The topological polar surface area (TPSA) is 38.9 Å². The van der Waals surface area contributed by atoms with Gasteiger partial charge in [0.2, 0.25) is 0 Å². The SMILES string of the molecule is Cc1cc(C)c(-c2ccnc(-c3cccc4c3oc3cnc(C(C)(C)c5ccccc5)cc34)c2)c(C)c1. The normalized spacial score (nSPS) is 11.9. The van der Waals surface area contributed by atoms with Crippen LogP contribution in [0.5, 0.6) is 0 Å². The number of rotatable bonds is 4. The van der Waals surface area contributed by atoms with Gasteiger partial charge in [0.15, 0.2) is 5.58 Å². The Labute approximate surface area is 217 Å². The first kappa shape index (κ1) is 23.2. The van der Waals surface area contributed by atoms with Gasteiger partial charge in [-0.1, -0.05) is 74.0 Å². The zero-order chi connectivity index (χ0) is 25.7. The van der Waals surface area contributed by atoms with Gasteiger partial charge >= 0.3 is 0 Å². The molecule has 0 spiro atoms. The number of fused-ring (bicyclic) bond motifs is 3. The third-order valence-corrected chi connectivity index (χ3v) is 7.52. The lowest BCUT2D eigenvalue weighted by molar-refractivity contribution is 0.615. The van der Waals surface area contributed by atoms with Crippen LogP contribution in [-0.4, -0.2) is 9.97 Å². The highest BCUT2D eigenvalue weighted by Crippen LogP contribution is 2.39. The number of aromatic nitrogens is 2. The highest BCUT2D eigenvalue weighted by Gasteiger charge is 2.26. The predicted octanol–water partition coefficient (Wildman–Crippen LogP) is 8.96. The maximum atomic E-state index is 6.42. The summed E-state index contributed by atoms with van der Waals surface area (Å²) in [5.74, 6) is 0. The molecule has 0 amide bonds. The molecule has 0 radical (unpaired) electrons. The Morgan fingerprint density at radius 1 is 0.730 bits per heavy atom. The fourth-order valence-corrected chi connectivity index (χ4v) is 5.62. The second kappa shape index (κ2) is 8.70. The van der Waals surface area contributed by atoms with Crippen molar-refractivity contribution in [3.63, 3.8) is 0 Å². The molecule has 0 aliphatic carbocycles. The Morgan fingerprint density at radius 2 is 1.49 bits per heavy atom. The van der Waals surface area contributed by atoms with E-state index >= 15 is 0 Å². The van der Waals surface area contributed by atoms with E-state index in [9.17, 15) is 0 Å². The van der Waals surface area contributed by atoms with Crippen LogP contribution in [-0.2, 0) is 5.41 Å². The smallest absolute Gasteiger partial charge is 0.153 e. The van der Waals surface area contributed by atoms with Crippen LogP contribution in [0.2, 0.25) is 0 Å². The highest BCUT2D eigenvalue weighted by molar-refractivity contribution is 6.09. The van der Waals surface area contributed by atoms with Crippen LogP contribution >= 0.6 is 0 Å². The van der Waals surface area contributed by atoms with E-state index in [1.165, 1.54) is 33.4 Å². The minimum atomic E-state index is -0.226. The zero-order valence-corrected chi connectivity index (χ0v) is 22.0. The third-order valence-electron chi connectivity index (χ3n) is 7.52. The van der Waals surface area contributed by atoms with E-state index in [-0.39, 0.29) is 5.41 Å². The fraction of sp³-hybridized carbons (Fsp3) is 0.176. The van der Waals surface area contributed by atoms with Crippen LogP contribution in [0, 0.1) is 20.8 Å². The lowest BCUT2D eigenvalue weighted by atomic mass is 9.81. The number of nitrogens with zero attached hydrogens (tertiary/aromatic N) is 2. The molecule has 6 aromatic rings. The number of para-hydroxylation sites is 1. The van der Waals surface area contributed by atoms with Gasteiger partial charge in [-0.3, -0.25) is 9.97 Å². The van der Waals surface area contributed by atoms with Crippen molar-refractivity contribution in [2.75, 3.05) is 0 Å². The Bertz CT molecular complexity index is 1750. The van der Waals surface area contributed by atoms with Crippen molar-refractivity contribution in [2.24, 2.45) is 0 Å². The van der Waals surface area contributed by atoms with Gasteiger partial charge in [-0.2, -0.15) is 0 Å². The van der Waals surface area contributed by atoms with E-state index in [4.69, 9.17) is 14.4 Å². The van der Waals surface area contributed by atoms with E-state index < -0.39 is 0 Å². The molecule has 37 heavy (non-hydrogen) atoms. The summed E-state index contributed by atoms with van der Waals surface area (Å²) in [4.78, 5) is 9.58. The number of furan rings is 1. The van der Waals surface area contributed by atoms with Gasteiger partial charge in [0, 0.05) is 27.9 Å². The Balaban J connectivity index is 1.49. The van der Waals surface area contributed by atoms with Gasteiger partial charge < -0.3 is 4.42 Å². The van der Waals surface area contributed by atoms with E-state index in [1.807, 2.05) is 18.5 Å². The standard InChI is InChI=1S/C34H30N2O/c1-21-16-22(2)32(23(3)17-21)24-14-15-35-29(18-24)27-13-9-12-26-28-19-31(36-20-30(28)37-33(26)27)34(4,5)25-10-7-6-8-11-25/h6-20H,1-5H3. The zero-order valence-electron chi connectivity index (χ0n) is 22.0. The first-order valence-electron chi connectivity index (χ1n) is 12.7. The molecule has 3 aromatic heterocycles. The lowest BCUT2D eigenvalue weighted by Crippen LogP contribution is -2.20. The molecule has 6 rings (SSSR count). The highest BCUT2D eigenvalue weighted by atomic mass is 16.3. The summed E-state index contributed by atoms with van der Waals surface area (Å²) in [6.45, 7) is 10.9. The summed E-state index contributed by atoms with van der Waals surface area (Å²) in [5, 5.41) is 2.15. The number of hydrogen-bond donors (Lipinski definition) is 0. The minimum Gasteiger partial charge on any atom is -0.454 e. The quantitative estimate of drug-likeness (QED) is 0.252. The minimum absolute atomic E-state index is 0.226. The lowest BCUT2D eigenvalue weighted by Gasteiger charge is -2.24. The van der Waals surface area contributed by atoms with Crippen molar-refractivity contribution < 1.29 is 4.42 Å². The maximum absolute atomic E-state index is 6.42. The summed E-state index contributed by atoms with van der Waals surface area (Å²) >= 11 is 0. The van der Waals surface area contributed by atoms with Crippen LogP contribution < -0.4 is 0 Å². The molecule has 0 aliphatic heterocycles. The molecule has 0 fully saturated rings. The fourth-order valence-electron chi connectivity index (χ4n) is 5.62. The van der Waals surface area contributed by atoms with Gasteiger partial charge in [-0.15, -0.1) is 0 Å². The van der Waals surface area contributed by atoms with E-state index in [1.54, 1.807) is 0 Å². The van der Waals surface area contributed by atoms with Gasteiger partial charge in [0.1, 0.15) is 5.58 Å². The van der Waals surface area contributed by atoms with Crippen molar-refractivity contribution in [3.8, 4) is 22.4 Å². The Kier molecular flexibility index (Phi) is 5.45. The number of pyridine rings is 2. The van der Waals surface area contributed by atoms with Gasteiger partial charge in [0.25, 0.3) is 0 Å². The van der Waals surface area contributed by atoms with Crippen LogP contribution in [0.1, 0.15) is 41.8 Å². The summed E-state index contributed by atoms with van der Waals surface area (Å²) in [6, 6.07) is 27.8. The molecule has 182 valence electrons. The maximum Gasteiger partial charge on any atom is 0.153 e. The molecule has 0 saturated heterocycles. The van der Waals surface area contributed by atoms with Crippen molar-refractivity contribution in [1.82, 2.24) is 9.97 Å². The third kappa shape index (κ3) is 3.92. The Hall–Kier alpha value is -4.24. The average molecular weight is 483 g/mol. The summed E-state index contributed by atoms with van der Waals surface area (Å²) < 4.78 is 6.42. The summed E-state index contributed by atoms with van der Waals surface area (Å²) in [6.07, 6.45) is 3.76. The van der Waals surface area contributed by atoms with E-state index in [0.717, 1.165) is 38.9 Å². The molecular weight excluding hydrogens is 452 g/mol. The largest absolute Gasteiger partial charge is 0.454 e. The first-order chi connectivity index (χ1) is 17.8. The summed E-state index contributed by atoms with van der Waals surface area (Å²) in [5.41, 5.74) is 11.8. The molecule has 3 heterocycles. The molecule has 3 aromatic carbocycles. The molecule has 3 heteroatoms. The van der Waals surface area contributed by atoms with Crippen molar-refractivity contribution in [2.45, 2.75) is 40.0 Å². The molecule has 0 saturated carbocycles. The van der Waals surface area contributed by atoms with E-state index in [0.29, 0.717) is 0 Å². The predicted molar refractivity (Wildman–Crippen MR) is 153 cm³/mol. The van der Waals surface area contributed by atoms with E-state index in [2.05, 4.69) is 107 Å². The van der Waals surface area contributed by atoms with Crippen molar-refractivity contribution >= 4 is 21.9 Å². The second-order valence-corrected chi connectivity index (χ2v) is 10.5. The van der Waals surface area contributed by atoms with Gasteiger partial charge in [0.05, 0.1) is 17.6 Å². The summed E-state index contributed by atoms with van der Waals surface area (Å²) in [7, 11) is 0. The van der Waals surface area contributed by atoms with Crippen molar-refractivity contribution in [1.29, 1.82) is 0 Å². The van der Waals surface area contributed by atoms with Crippen LogP contribution in [0.25, 0.3) is 44.3 Å². The molecule has 0 unspecified atom stereocenters. The molecule has 0 N–H and O–H groups in total. The van der Waals surface area contributed by atoms with Crippen LogP contribution in [0.15, 0.2) is 95.7 Å². The number of aryl methyl sites for hydroxylation is 3. The molecule has 0 bridgehead atoms. The second-order valence-electron chi connectivity index (χ2n) is 10.5.